The van der Waals surface area contributed by atoms with Crippen molar-refractivity contribution >= 4 is 27.5 Å². The van der Waals surface area contributed by atoms with E-state index < -0.39 is 10.0 Å². The highest BCUT2D eigenvalue weighted by atomic mass is 35.5. The van der Waals surface area contributed by atoms with E-state index in [0.717, 1.165) is 12.0 Å². The summed E-state index contributed by atoms with van der Waals surface area (Å²) in [7, 11) is -2.39. The fourth-order valence-corrected chi connectivity index (χ4v) is 4.20. The SMILES string of the molecule is COc1ccc(S(=O)(=O)NCC(=O)N2CCc3ccccc3C2)cc1Cl. The second-order valence-corrected chi connectivity index (χ2v) is 8.13. The van der Waals surface area contributed by atoms with E-state index in [1.165, 1.54) is 30.9 Å². The van der Waals surface area contributed by atoms with E-state index in [1.807, 2.05) is 24.3 Å². The molecule has 0 aliphatic carbocycles. The maximum atomic E-state index is 12.4. The van der Waals surface area contributed by atoms with E-state index in [2.05, 4.69) is 4.72 Å². The second-order valence-electron chi connectivity index (χ2n) is 5.95. The van der Waals surface area contributed by atoms with Crippen LogP contribution in [0.2, 0.25) is 5.02 Å². The Morgan fingerprint density at radius 1 is 1.23 bits per heavy atom. The van der Waals surface area contributed by atoms with Crippen molar-refractivity contribution < 1.29 is 17.9 Å². The zero-order valence-corrected chi connectivity index (χ0v) is 15.8. The fraction of sp³-hybridized carbons (Fsp3) is 0.278. The number of hydrogen-bond acceptors (Lipinski definition) is 4. The maximum absolute atomic E-state index is 12.4. The molecule has 0 aromatic heterocycles. The van der Waals surface area contributed by atoms with Crippen LogP contribution in [0, 0.1) is 0 Å². The van der Waals surface area contributed by atoms with Gasteiger partial charge < -0.3 is 9.64 Å². The maximum Gasteiger partial charge on any atom is 0.241 e. The molecule has 0 radical (unpaired) electrons. The number of carbonyl (C=O) groups is 1. The smallest absolute Gasteiger partial charge is 0.241 e. The fourth-order valence-electron chi connectivity index (χ4n) is 2.87. The monoisotopic (exact) mass is 394 g/mol. The summed E-state index contributed by atoms with van der Waals surface area (Å²) in [5.41, 5.74) is 2.32. The molecular formula is C18H19ClN2O4S. The molecule has 6 nitrogen and oxygen atoms in total. The van der Waals surface area contributed by atoms with Gasteiger partial charge in [0.1, 0.15) is 5.75 Å². The lowest BCUT2D eigenvalue weighted by molar-refractivity contribution is -0.130. The third-order valence-electron chi connectivity index (χ3n) is 4.33. The number of hydrogen-bond donors (Lipinski definition) is 1. The van der Waals surface area contributed by atoms with Crippen LogP contribution >= 0.6 is 11.6 Å². The molecule has 1 amide bonds. The molecule has 1 aliphatic rings. The first kappa shape index (κ1) is 18.7. The molecule has 3 rings (SSSR count). The van der Waals surface area contributed by atoms with E-state index in [9.17, 15) is 13.2 Å². The number of methoxy groups -OCH3 is 1. The normalized spacial score (nSPS) is 14.0. The number of halogens is 1. The van der Waals surface area contributed by atoms with E-state index >= 15 is 0 Å². The van der Waals surface area contributed by atoms with Gasteiger partial charge >= 0.3 is 0 Å². The van der Waals surface area contributed by atoms with E-state index in [0.29, 0.717) is 18.8 Å². The van der Waals surface area contributed by atoms with Crippen LogP contribution in [0.1, 0.15) is 11.1 Å². The van der Waals surface area contributed by atoms with Gasteiger partial charge in [-0.05, 0) is 35.7 Å². The third-order valence-corrected chi connectivity index (χ3v) is 6.02. The number of fused-ring (bicyclic) bond motifs is 1. The highest BCUT2D eigenvalue weighted by Gasteiger charge is 2.23. The van der Waals surface area contributed by atoms with Crippen molar-refractivity contribution in [2.75, 3.05) is 20.2 Å². The predicted octanol–water partition coefficient (Wildman–Crippen LogP) is 2.21. The second kappa shape index (κ2) is 7.65. The summed E-state index contributed by atoms with van der Waals surface area (Å²) in [5, 5.41) is 0.189. The minimum Gasteiger partial charge on any atom is -0.495 e. The Balaban J connectivity index is 1.65. The molecule has 0 atom stereocenters. The summed E-state index contributed by atoms with van der Waals surface area (Å²) in [6.07, 6.45) is 0.767. The average Bonchev–Trinajstić information content (AvgIpc) is 2.65. The largest absolute Gasteiger partial charge is 0.495 e. The lowest BCUT2D eigenvalue weighted by Gasteiger charge is -2.29. The average molecular weight is 395 g/mol. The summed E-state index contributed by atoms with van der Waals surface area (Å²) in [5.74, 6) is 0.122. The Hall–Kier alpha value is -2.09. The molecule has 2 aromatic carbocycles. The Kier molecular flexibility index (Phi) is 5.50. The lowest BCUT2D eigenvalue weighted by atomic mass is 10.00. The standard InChI is InChI=1S/C18H19ClN2O4S/c1-25-17-7-6-15(10-16(17)19)26(23,24)20-11-18(22)21-9-8-13-4-2-3-5-14(13)12-21/h2-7,10,20H,8-9,11-12H2,1H3. The first-order valence-corrected chi connectivity index (χ1v) is 9.94. The van der Waals surface area contributed by atoms with Crippen LogP contribution in [0.3, 0.4) is 0 Å². The van der Waals surface area contributed by atoms with Crippen LogP contribution in [0.4, 0.5) is 0 Å². The van der Waals surface area contributed by atoms with Crippen molar-refractivity contribution in [3.05, 3.63) is 58.6 Å². The number of nitrogens with zero attached hydrogens (tertiary/aromatic N) is 1. The number of nitrogens with one attached hydrogen (secondary N) is 1. The van der Waals surface area contributed by atoms with Crippen molar-refractivity contribution in [2.45, 2.75) is 17.9 Å². The van der Waals surface area contributed by atoms with Gasteiger partial charge in [0.15, 0.2) is 0 Å². The summed E-state index contributed by atoms with van der Waals surface area (Å²) in [6.45, 7) is 0.769. The Bertz CT molecular complexity index is 931. The van der Waals surface area contributed by atoms with E-state index in [1.54, 1.807) is 4.90 Å². The molecule has 0 saturated carbocycles. The van der Waals surface area contributed by atoms with Crippen molar-refractivity contribution in [1.29, 1.82) is 0 Å². The summed E-state index contributed by atoms with van der Waals surface area (Å²) >= 11 is 5.98. The summed E-state index contributed by atoms with van der Waals surface area (Å²) in [6, 6.07) is 12.1. The molecule has 0 unspecified atom stereocenters. The zero-order chi connectivity index (χ0) is 18.7. The molecule has 8 heteroatoms. The van der Waals surface area contributed by atoms with E-state index in [-0.39, 0.29) is 22.4 Å². The van der Waals surface area contributed by atoms with Gasteiger partial charge in [0, 0.05) is 13.1 Å². The first-order valence-electron chi connectivity index (χ1n) is 8.08. The number of benzene rings is 2. The quantitative estimate of drug-likeness (QED) is 0.843. The predicted molar refractivity (Wildman–Crippen MR) is 98.8 cm³/mol. The molecule has 0 spiro atoms. The summed E-state index contributed by atoms with van der Waals surface area (Å²) in [4.78, 5) is 14.1. The number of ether oxygens (including phenoxy) is 1. The molecule has 0 fully saturated rings. The number of carbonyl (C=O) groups excluding carboxylic acids is 1. The van der Waals surface area contributed by atoms with Crippen molar-refractivity contribution in [3.8, 4) is 5.75 Å². The molecule has 138 valence electrons. The number of sulfonamides is 1. The summed E-state index contributed by atoms with van der Waals surface area (Å²) < 4.78 is 32.1. The molecule has 1 N–H and O–H groups in total. The number of amides is 1. The van der Waals surface area contributed by atoms with Gasteiger partial charge in [-0.2, -0.15) is 0 Å². The Labute approximate surface area is 157 Å². The highest BCUT2D eigenvalue weighted by Crippen LogP contribution is 2.26. The topological polar surface area (TPSA) is 75.7 Å². The van der Waals surface area contributed by atoms with Crippen LogP contribution in [0.5, 0.6) is 5.75 Å². The van der Waals surface area contributed by atoms with Gasteiger partial charge in [-0.25, -0.2) is 13.1 Å². The van der Waals surface area contributed by atoms with Gasteiger partial charge in [-0.3, -0.25) is 4.79 Å². The molecule has 1 aliphatic heterocycles. The lowest BCUT2D eigenvalue weighted by Crippen LogP contribution is -2.42. The van der Waals surface area contributed by atoms with Gasteiger partial charge in [0.05, 0.1) is 23.6 Å². The Morgan fingerprint density at radius 3 is 2.65 bits per heavy atom. The van der Waals surface area contributed by atoms with Crippen LogP contribution in [-0.4, -0.2) is 39.4 Å². The Morgan fingerprint density at radius 2 is 1.96 bits per heavy atom. The molecule has 0 saturated heterocycles. The van der Waals surface area contributed by atoms with Crippen LogP contribution in [-0.2, 0) is 27.8 Å². The van der Waals surface area contributed by atoms with Crippen LogP contribution in [0.15, 0.2) is 47.4 Å². The van der Waals surface area contributed by atoms with Gasteiger partial charge in [-0.1, -0.05) is 35.9 Å². The zero-order valence-electron chi connectivity index (χ0n) is 14.2. The van der Waals surface area contributed by atoms with Gasteiger partial charge in [0.2, 0.25) is 15.9 Å². The highest BCUT2D eigenvalue weighted by molar-refractivity contribution is 7.89. The number of rotatable bonds is 5. The minimum atomic E-state index is -3.84. The van der Waals surface area contributed by atoms with Crippen molar-refractivity contribution in [3.63, 3.8) is 0 Å². The first-order chi connectivity index (χ1) is 12.4. The third kappa shape index (κ3) is 4.00. The molecular weight excluding hydrogens is 376 g/mol. The van der Waals surface area contributed by atoms with Crippen LogP contribution in [0.25, 0.3) is 0 Å². The minimum absolute atomic E-state index is 0.0138. The van der Waals surface area contributed by atoms with Crippen molar-refractivity contribution in [1.82, 2.24) is 9.62 Å². The van der Waals surface area contributed by atoms with Crippen LogP contribution < -0.4 is 9.46 Å². The van der Waals surface area contributed by atoms with Gasteiger partial charge in [-0.15, -0.1) is 0 Å². The van der Waals surface area contributed by atoms with E-state index in [4.69, 9.17) is 16.3 Å². The molecule has 1 heterocycles. The molecule has 2 aromatic rings. The molecule has 26 heavy (non-hydrogen) atoms. The molecule has 0 bridgehead atoms. The van der Waals surface area contributed by atoms with Gasteiger partial charge in [0.25, 0.3) is 0 Å². The van der Waals surface area contributed by atoms with Crippen molar-refractivity contribution in [2.24, 2.45) is 0 Å².